The highest BCUT2D eigenvalue weighted by molar-refractivity contribution is 5.94. The van der Waals surface area contributed by atoms with Crippen LogP contribution in [-0.4, -0.2) is 36.5 Å². The summed E-state index contributed by atoms with van der Waals surface area (Å²) in [6, 6.07) is 8.25. The predicted octanol–water partition coefficient (Wildman–Crippen LogP) is 2.62. The molecule has 21 heavy (non-hydrogen) atoms. The van der Waals surface area contributed by atoms with Gasteiger partial charge < -0.3 is 5.32 Å². The normalized spacial score (nSPS) is 30.9. The molecule has 4 atom stereocenters. The van der Waals surface area contributed by atoms with Crippen molar-refractivity contribution in [1.82, 2.24) is 10.2 Å². The Morgan fingerprint density at radius 1 is 1.43 bits per heavy atom. The lowest BCUT2D eigenvalue weighted by molar-refractivity contribution is 0.0195. The van der Waals surface area contributed by atoms with E-state index in [1.807, 2.05) is 31.2 Å². The van der Waals surface area contributed by atoms with Crippen molar-refractivity contribution in [3.8, 4) is 0 Å². The molecular formula is C18H24N2O. The number of fused-ring (bicyclic) bond motifs is 3. The molecule has 3 saturated heterocycles. The molecule has 1 unspecified atom stereocenters. The summed E-state index contributed by atoms with van der Waals surface area (Å²) >= 11 is 0. The minimum Gasteiger partial charge on any atom is -0.350 e. The van der Waals surface area contributed by atoms with Crippen molar-refractivity contribution in [2.45, 2.75) is 25.8 Å². The molecule has 0 saturated carbocycles. The first-order valence-corrected chi connectivity index (χ1v) is 7.89. The Kier molecular flexibility index (Phi) is 4.11. The van der Waals surface area contributed by atoms with Gasteiger partial charge in [-0.3, -0.25) is 9.69 Å². The van der Waals surface area contributed by atoms with E-state index >= 15 is 0 Å². The smallest absolute Gasteiger partial charge is 0.251 e. The zero-order chi connectivity index (χ0) is 14.8. The lowest BCUT2D eigenvalue weighted by atomic mass is 9.75. The number of piperidine rings is 3. The Labute approximate surface area is 127 Å². The predicted molar refractivity (Wildman–Crippen MR) is 85.3 cm³/mol. The molecule has 0 spiro atoms. The van der Waals surface area contributed by atoms with Crippen LogP contribution in [0.4, 0.5) is 0 Å². The Bertz CT molecular complexity index is 523. The van der Waals surface area contributed by atoms with Gasteiger partial charge in [-0.15, -0.1) is 6.58 Å². The van der Waals surface area contributed by atoms with Gasteiger partial charge in [-0.2, -0.15) is 0 Å². The van der Waals surface area contributed by atoms with Gasteiger partial charge in [0.15, 0.2) is 0 Å². The third-order valence-corrected chi connectivity index (χ3v) is 5.04. The molecule has 1 amide bonds. The van der Waals surface area contributed by atoms with Gasteiger partial charge in [0, 0.05) is 24.7 Å². The number of amides is 1. The summed E-state index contributed by atoms with van der Waals surface area (Å²) in [6.07, 6.45) is 4.57. The summed E-state index contributed by atoms with van der Waals surface area (Å²) in [5.41, 5.74) is 1.93. The molecule has 1 aromatic carbocycles. The molecule has 112 valence electrons. The third-order valence-electron chi connectivity index (χ3n) is 5.04. The molecule has 2 bridgehead atoms. The topological polar surface area (TPSA) is 32.3 Å². The highest BCUT2D eigenvalue weighted by atomic mass is 16.1. The van der Waals surface area contributed by atoms with E-state index in [2.05, 4.69) is 22.9 Å². The highest BCUT2D eigenvalue weighted by Crippen LogP contribution is 2.36. The van der Waals surface area contributed by atoms with Crippen LogP contribution in [-0.2, 0) is 0 Å². The monoisotopic (exact) mass is 284 g/mol. The molecule has 1 aromatic rings. The summed E-state index contributed by atoms with van der Waals surface area (Å²) in [4.78, 5) is 14.7. The third kappa shape index (κ3) is 3.03. The maximum absolute atomic E-state index is 12.2. The highest BCUT2D eigenvalue weighted by Gasteiger charge is 2.38. The van der Waals surface area contributed by atoms with Crippen LogP contribution < -0.4 is 5.32 Å². The zero-order valence-electron chi connectivity index (χ0n) is 12.7. The molecule has 3 fully saturated rings. The Morgan fingerprint density at radius 3 is 2.81 bits per heavy atom. The van der Waals surface area contributed by atoms with Crippen molar-refractivity contribution in [3.63, 3.8) is 0 Å². The fourth-order valence-electron chi connectivity index (χ4n) is 3.68. The van der Waals surface area contributed by atoms with Crippen LogP contribution in [0.15, 0.2) is 36.9 Å². The molecular weight excluding hydrogens is 260 g/mol. The molecule has 3 aliphatic rings. The maximum Gasteiger partial charge on any atom is 0.251 e. The number of benzene rings is 1. The molecule has 4 rings (SSSR count). The van der Waals surface area contributed by atoms with Crippen LogP contribution in [0.2, 0.25) is 0 Å². The number of aryl methyl sites for hydroxylation is 1. The molecule has 3 heterocycles. The standard InChI is InChI=1S/C18H24N2O/c1-3-14-12-20-9-8-16(14)10-17(20)11-19-18(21)15-6-4-13(2)5-7-15/h3-7,14,16-17H,1,8-12H2,2H3,(H,19,21)/t14-,16-,17+/m0/s1. The number of hydrogen-bond donors (Lipinski definition) is 1. The van der Waals surface area contributed by atoms with Crippen LogP contribution in [0.1, 0.15) is 28.8 Å². The van der Waals surface area contributed by atoms with Gasteiger partial charge in [-0.05, 0) is 50.3 Å². The Hall–Kier alpha value is -1.61. The first-order valence-electron chi connectivity index (χ1n) is 7.89. The number of hydrogen-bond acceptors (Lipinski definition) is 2. The van der Waals surface area contributed by atoms with E-state index in [0.29, 0.717) is 12.0 Å². The van der Waals surface area contributed by atoms with Gasteiger partial charge in [0.1, 0.15) is 0 Å². The van der Waals surface area contributed by atoms with E-state index < -0.39 is 0 Å². The number of nitrogens with one attached hydrogen (secondary N) is 1. The van der Waals surface area contributed by atoms with E-state index in [1.165, 1.54) is 24.9 Å². The molecule has 3 heteroatoms. The van der Waals surface area contributed by atoms with Gasteiger partial charge in [0.05, 0.1) is 0 Å². The second kappa shape index (κ2) is 6.02. The Balaban J connectivity index is 1.55. The van der Waals surface area contributed by atoms with Crippen molar-refractivity contribution in [2.75, 3.05) is 19.6 Å². The van der Waals surface area contributed by atoms with Crippen molar-refractivity contribution in [3.05, 3.63) is 48.0 Å². The lowest BCUT2D eigenvalue weighted by Gasteiger charge is -2.49. The summed E-state index contributed by atoms with van der Waals surface area (Å²) in [5, 5.41) is 3.10. The molecule has 0 aromatic heterocycles. The number of rotatable bonds is 4. The second-order valence-corrected chi connectivity index (χ2v) is 6.41. The lowest BCUT2D eigenvalue weighted by Crippen LogP contribution is -2.56. The fraction of sp³-hybridized carbons (Fsp3) is 0.500. The molecule has 0 radical (unpaired) electrons. The van der Waals surface area contributed by atoms with Crippen LogP contribution in [0.25, 0.3) is 0 Å². The molecule has 3 nitrogen and oxygen atoms in total. The summed E-state index contributed by atoms with van der Waals surface area (Å²) in [7, 11) is 0. The van der Waals surface area contributed by atoms with E-state index in [-0.39, 0.29) is 5.91 Å². The average Bonchev–Trinajstić information content (AvgIpc) is 2.53. The average molecular weight is 284 g/mol. The minimum atomic E-state index is 0.0397. The fourth-order valence-corrected chi connectivity index (χ4v) is 3.68. The number of nitrogens with zero attached hydrogens (tertiary/aromatic N) is 1. The van der Waals surface area contributed by atoms with Crippen molar-refractivity contribution in [1.29, 1.82) is 0 Å². The SMILES string of the molecule is C=C[C@H]1CN2CC[C@H]1C[C@@H]2CNC(=O)c1ccc(C)cc1. The quantitative estimate of drug-likeness (QED) is 0.862. The van der Waals surface area contributed by atoms with E-state index in [9.17, 15) is 4.79 Å². The zero-order valence-corrected chi connectivity index (χ0v) is 12.7. The van der Waals surface area contributed by atoms with E-state index in [1.54, 1.807) is 0 Å². The van der Waals surface area contributed by atoms with Crippen LogP contribution >= 0.6 is 0 Å². The second-order valence-electron chi connectivity index (χ2n) is 6.41. The first kappa shape index (κ1) is 14.3. The molecule has 3 aliphatic heterocycles. The number of carbonyl (C=O) groups excluding carboxylic acids is 1. The van der Waals surface area contributed by atoms with Gasteiger partial charge >= 0.3 is 0 Å². The molecule has 0 aliphatic carbocycles. The van der Waals surface area contributed by atoms with Gasteiger partial charge in [-0.1, -0.05) is 23.8 Å². The largest absolute Gasteiger partial charge is 0.350 e. The maximum atomic E-state index is 12.2. The summed E-state index contributed by atoms with van der Waals surface area (Å²) in [5.74, 6) is 1.44. The van der Waals surface area contributed by atoms with Crippen LogP contribution in [0.3, 0.4) is 0 Å². The number of carbonyl (C=O) groups is 1. The van der Waals surface area contributed by atoms with Crippen molar-refractivity contribution < 1.29 is 4.79 Å². The van der Waals surface area contributed by atoms with Gasteiger partial charge in [0.2, 0.25) is 0 Å². The van der Waals surface area contributed by atoms with Crippen molar-refractivity contribution in [2.24, 2.45) is 11.8 Å². The minimum absolute atomic E-state index is 0.0397. The van der Waals surface area contributed by atoms with E-state index in [4.69, 9.17) is 0 Å². The first-order chi connectivity index (χ1) is 10.2. The summed E-state index contributed by atoms with van der Waals surface area (Å²) in [6.45, 7) is 9.02. The van der Waals surface area contributed by atoms with Gasteiger partial charge in [-0.25, -0.2) is 0 Å². The summed E-state index contributed by atoms with van der Waals surface area (Å²) < 4.78 is 0. The van der Waals surface area contributed by atoms with Crippen molar-refractivity contribution >= 4 is 5.91 Å². The Morgan fingerprint density at radius 2 is 2.19 bits per heavy atom. The van der Waals surface area contributed by atoms with Crippen LogP contribution in [0, 0.1) is 18.8 Å². The van der Waals surface area contributed by atoms with Crippen LogP contribution in [0.5, 0.6) is 0 Å². The van der Waals surface area contributed by atoms with E-state index in [0.717, 1.165) is 24.6 Å². The molecule has 1 N–H and O–H groups in total. The van der Waals surface area contributed by atoms with Gasteiger partial charge in [0.25, 0.3) is 5.91 Å².